The minimum atomic E-state index is -0.228. The van der Waals surface area contributed by atoms with Crippen LogP contribution < -0.4 is 10.6 Å². The summed E-state index contributed by atoms with van der Waals surface area (Å²) in [7, 11) is 0. The van der Waals surface area contributed by atoms with Gasteiger partial charge in [0.1, 0.15) is 6.33 Å². The highest BCUT2D eigenvalue weighted by atomic mass is 16.5. The Kier molecular flexibility index (Phi) is 4.33. The minimum absolute atomic E-state index is 0.117. The fraction of sp³-hybridized carbons (Fsp3) is 0.429. The van der Waals surface area contributed by atoms with Crippen molar-refractivity contribution in [3.63, 3.8) is 0 Å². The molecule has 0 aliphatic carbocycles. The van der Waals surface area contributed by atoms with Gasteiger partial charge in [0.05, 0.1) is 18.0 Å². The second-order valence-electron chi connectivity index (χ2n) is 7.81. The van der Waals surface area contributed by atoms with E-state index < -0.39 is 0 Å². The molecule has 2 N–H and O–H groups in total. The molecule has 2 aromatic heterocycles. The number of nitrogens with one attached hydrogen (secondary N) is 2. The molecule has 0 radical (unpaired) electrons. The molecular weight excluding hydrogens is 368 g/mol. The zero-order valence-corrected chi connectivity index (χ0v) is 16.5. The first-order chi connectivity index (χ1) is 14.1. The van der Waals surface area contributed by atoms with Crippen LogP contribution in [0, 0.1) is 5.92 Å². The number of amides is 1. The number of fused-ring (bicyclic) bond motifs is 3. The van der Waals surface area contributed by atoms with Crippen LogP contribution in [0.5, 0.6) is 0 Å². The molecule has 150 valence electrons. The Morgan fingerprint density at radius 1 is 1.31 bits per heavy atom. The summed E-state index contributed by atoms with van der Waals surface area (Å²) < 4.78 is 8.55. The predicted octanol–water partition coefficient (Wildman–Crippen LogP) is 2.75. The summed E-state index contributed by atoms with van der Waals surface area (Å²) in [6, 6.07) is 9.24. The summed E-state index contributed by atoms with van der Waals surface area (Å²) in [5.74, 6) is 0.561. The number of rotatable bonds is 4. The van der Waals surface area contributed by atoms with Crippen molar-refractivity contribution in [2.24, 2.45) is 5.92 Å². The van der Waals surface area contributed by atoms with Crippen molar-refractivity contribution < 1.29 is 9.53 Å². The molecule has 8 nitrogen and oxygen atoms in total. The van der Waals surface area contributed by atoms with E-state index in [1.165, 1.54) is 6.33 Å². The number of carbonyl (C=O) groups excluding carboxylic acids is 1. The van der Waals surface area contributed by atoms with E-state index >= 15 is 0 Å². The van der Waals surface area contributed by atoms with E-state index in [4.69, 9.17) is 4.74 Å². The number of imidazole rings is 1. The maximum atomic E-state index is 12.6. The van der Waals surface area contributed by atoms with E-state index in [1.807, 2.05) is 22.8 Å². The van der Waals surface area contributed by atoms with Crippen LogP contribution in [0.1, 0.15) is 43.3 Å². The molecular formula is C21H24N6O2. The van der Waals surface area contributed by atoms with Gasteiger partial charge in [-0.3, -0.25) is 9.36 Å². The summed E-state index contributed by atoms with van der Waals surface area (Å²) in [5.41, 5.74) is 1.66. The number of hydrogen-bond donors (Lipinski definition) is 2. The van der Waals surface area contributed by atoms with Crippen LogP contribution in [0.4, 0.5) is 5.82 Å². The molecule has 2 fully saturated rings. The Morgan fingerprint density at radius 3 is 2.90 bits per heavy atom. The first-order valence-corrected chi connectivity index (χ1v) is 10.1. The SMILES string of the molecule is CC[C@@]12CCN[C@@H]([C@H](n3cnc4c(NC(=O)c5ccccc5)ncnc43)O1)[C@@H]2C. The van der Waals surface area contributed by atoms with Crippen LogP contribution in [-0.4, -0.2) is 43.6 Å². The van der Waals surface area contributed by atoms with Crippen molar-refractivity contribution >= 4 is 22.9 Å². The first kappa shape index (κ1) is 18.2. The summed E-state index contributed by atoms with van der Waals surface area (Å²) >= 11 is 0. The molecule has 0 spiro atoms. The molecule has 0 unspecified atom stereocenters. The van der Waals surface area contributed by atoms with Crippen molar-refractivity contribution in [3.8, 4) is 0 Å². The largest absolute Gasteiger partial charge is 0.349 e. The fourth-order valence-electron chi connectivity index (χ4n) is 4.72. The van der Waals surface area contributed by atoms with Gasteiger partial charge in [0.25, 0.3) is 5.91 Å². The lowest BCUT2D eigenvalue weighted by molar-refractivity contribution is -0.0841. The Bertz CT molecular complexity index is 1050. The van der Waals surface area contributed by atoms with Crippen molar-refractivity contribution in [2.45, 2.75) is 44.6 Å². The van der Waals surface area contributed by atoms with Gasteiger partial charge in [-0.05, 0) is 31.5 Å². The van der Waals surface area contributed by atoms with Crippen molar-refractivity contribution in [1.82, 2.24) is 24.8 Å². The second-order valence-corrected chi connectivity index (χ2v) is 7.81. The zero-order valence-electron chi connectivity index (χ0n) is 16.5. The van der Waals surface area contributed by atoms with Gasteiger partial charge in [0, 0.05) is 11.5 Å². The fourth-order valence-corrected chi connectivity index (χ4v) is 4.72. The average molecular weight is 392 g/mol. The minimum Gasteiger partial charge on any atom is -0.349 e. The van der Waals surface area contributed by atoms with E-state index in [9.17, 15) is 4.79 Å². The number of nitrogens with zero attached hydrogens (tertiary/aromatic N) is 4. The van der Waals surface area contributed by atoms with E-state index in [2.05, 4.69) is 39.4 Å². The number of piperidine rings is 1. The maximum Gasteiger partial charge on any atom is 0.256 e. The number of anilines is 1. The molecule has 4 heterocycles. The smallest absolute Gasteiger partial charge is 0.256 e. The zero-order chi connectivity index (χ0) is 20.0. The molecule has 4 atom stereocenters. The van der Waals surface area contributed by atoms with E-state index in [0.717, 1.165) is 19.4 Å². The number of benzene rings is 1. The normalized spacial score (nSPS) is 28.6. The lowest BCUT2D eigenvalue weighted by Crippen LogP contribution is -2.49. The van der Waals surface area contributed by atoms with Crippen LogP contribution >= 0.6 is 0 Å². The van der Waals surface area contributed by atoms with Gasteiger partial charge in [-0.25, -0.2) is 15.0 Å². The molecule has 2 bridgehead atoms. The lowest BCUT2D eigenvalue weighted by Gasteiger charge is -2.36. The molecule has 0 saturated carbocycles. The monoisotopic (exact) mass is 392 g/mol. The van der Waals surface area contributed by atoms with Gasteiger partial charge in [0.2, 0.25) is 0 Å². The van der Waals surface area contributed by atoms with Crippen molar-refractivity contribution in [1.29, 1.82) is 0 Å². The molecule has 2 aliphatic heterocycles. The van der Waals surface area contributed by atoms with Crippen LogP contribution in [0.15, 0.2) is 43.0 Å². The third kappa shape index (κ3) is 2.82. The molecule has 2 aliphatic rings. The molecule has 1 amide bonds. The van der Waals surface area contributed by atoms with Crippen LogP contribution in [0.2, 0.25) is 0 Å². The maximum absolute atomic E-state index is 12.6. The summed E-state index contributed by atoms with van der Waals surface area (Å²) in [4.78, 5) is 25.8. The molecule has 2 saturated heterocycles. The van der Waals surface area contributed by atoms with Gasteiger partial charge in [0.15, 0.2) is 23.2 Å². The highest BCUT2D eigenvalue weighted by molar-refractivity contribution is 6.06. The Balaban J connectivity index is 1.49. The predicted molar refractivity (Wildman–Crippen MR) is 108 cm³/mol. The molecule has 1 aromatic carbocycles. The lowest BCUT2D eigenvalue weighted by atomic mass is 9.78. The van der Waals surface area contributed by atoms with E-state index in [0.29, 0.717) is 28.5 Å². The highest BCUT2D eigenvalue weighted by Gasteiger charge is 2.54. The number of carbonyl (C=O) groups is 1. The summed E-state index contributed by atoms with van der Waals surface area (Å²) in [6.07, 6.45) is 4.97. The van der Waals surface area contributed by atoms with Crippen molar-refractivity contribution in [2.75, 3.05) is 11.9 Å². The quantitative estimate of drug-likeness (QED) is 0.709. The summed E-state index contributed by atoms with van der Waals surface area (Å²) in [5, 5.41) is 6.46. The van der Waals surface area contributed by atoms with Gasteiger partial charge in [-0.15, -0.1) is 0 Å². The molecule has 29 heavy (non-hydrogen) atoms. The summed E-state index contributed by atoms with van der Waals surface area (Å²) in [6.45, 7) is 5.38. The van der Waals surface area contributed by atoms with Gasteiger partial charge < -0.3 is 15.4 Å². The number of aromatic nitrogens is 4. The highest BCUT2D eigenvalue weighted by Crippen LogP contribution is 2.48. The third-order valence-corrected chi connectivity index (χ3v) is 6.46. The molecule has 8 heteroatoms. The van der Waals surface area contributed by atoms with Crippen LogP contribution in [0.25, 0.3) is 11.2 Å². The van der Waals surface area contributed by atoms with Crippen molar-refractivity contribution in [3.05, 3.63) is 48.5 Å². The Morgan fingerprint density at radius 2 is 2.14 bits per heavy atom. The number of ether oxygens (including phenoxy) is 1. The first-order valence-electron chi connectivity index (χ1n) is 10.1. The van der Waals surface area contributed by atoms with E-state index in [1.54, 1.807) is 18.5 Å². The Hall–Kier alpha value is -2.84. The van der Waals surface area contributed by atoms with Gasteiger partial charge >= 0.3 is 0 Å². The van der Waals surface area contributed by atoms with E-state index in [-0.39, 0.29) is 23.8 Å². The standard InChI is InChI=1S/C21H24N6O2/c1-3-21-9-10-22-15(13(21)2)20(29-21)27-12-25-16-17(23-11-24-18(16)27)26-19(28)14-7-5-4-6-8-14/h4-8,11-13,15,20,22H,3,9-10H2,1-2H3,(H,23,24,26,28)/t13-,15+,20+,21-/m0/s1. The number of hydrogen-bond acceptors (Lipinski definition) is 6. The topological polar surface area (TPSA) is 94.0 Å². The molecule has 5 rings (SSSR count). The van der Waals surface area contributed by atoms with Crippen LogP contribution in [0.3, 0.4) is 0 Å². The average Bonchev–Trinajstić information content (AvgIpc) is 3.22. The third-order valence-electron chi connectivity index (χ3n) is 6.46. The second kappa shape index (κ2) is 6.89. The molecule has 3 aromatic rings. The van der Waals surface area contributed by atoms with Gasteiger partial charge in [-0.2, -0.15) is 0 Å². The van der Waals surface area contributed by atoms with Gasteiger partial charge in [-0.1, -0.05) is 32.0 Å². The van der Waals surface area contributed by atoms with Crippen LogP contribution in [-0.2, 0) is 4.74 Å². The Labute approximate surface area is 168 Å².